The molecule has 5 nitrogen and oxygen atoms in total. The van der Waals surface area contributed by atoms with Gasteiger partial charge >= 0.3 is 0 Å². The van der Waals surface area contributed by atoms with Crippen LogP contribution in [0.4, 0.5) is 0 Å². The summed E-state index contributed by atoms with van der Waals surface area (Å²) in [7, 11) is 0. The molecule has 3 rings (SSSR count). The third kappa shape index (κ3) is 3.71. The molecule has 1 saturated heterocycles. The molecule has 0 aromatic carbocycles. The summed E-state index contributed by atoms with van der Waals surface area (Å²) >= 11 is 0. The molecule has 0 radical (unpaired) electrons. The van der Waals surface area contributed by atoms with Crippen LogP contribution >= 0.6 is 0 Å². The first-order valence-corrected chi connectivity index (χ1v) is 8.10. The number of hydrogen-bond acceptors (Lipinski definition) is 5. The number of aliphatic hydroxyl groups is 2. The largest absolute Gasteiger partial charge is 0.388 e. The fourth-order valence-electron chi connectivity index (χ4n) is 3.15. The van der Waals surface area contributed by atoms with Crippen molar-refractivity contribution >= 4 is 0 Å². The van der Waals surface area contributed by atoms with Crippen molar-refractivity contribution in [1.29, 1.82) is 0 Å². The molecule has 0 aromatic rings. The zero-order valence-electron chi connectivity index (χ0n) is 12.0. The molecule has 0 unspecified atom stereocenters. The second-order valence-electron chi connectivity index (χ2n) is 6.53. The molecule has 2 aliphatic carbocycles. The van der Waals surface area contributed by atoms with E-state index in [1.165, 1.54) is 32.1 Å². The summed E-state index contributed by atoms with van der Waals surface area (Å²) < 4.78 is 11.7. The first-order chi connectivity index (χ1) is 9.74. The van der Waals surface area contributed by atoms with Crippen molar-refractivity contribution in [3.63, 3.8) is 0 Å². The minimum atomic E-state index is -0.821. The number of ether oxygens (including phenoxy) is 2. The second-order valence-corrected chi connectivity index (χ2v) is 6.53. The van der Waals surface area contributed by atoms with Gasteiger partial charge in [-0.05, 0) is 38.1 Å². The van der Waals surface area contributed by atoms with Gasteiger partial charge in [0.25, 0.3) is 0 Å². The van der Waals surface area contributed by atoms with Crippen molar-refractivity contribution in [2.75, 3.05) is 13.2 Å². The first-order valence-electron chi connectivity index (χ1n) is 8.10. The van der Waals surface area contributed by atoms with Gasteiger partial charge in [0.1, 0.15) is 12.2 Å². The summed E-state index contributed by atoms with van der Waals surface area (Å²) in [6.45, 7) is 1.03. The molecule has 1 aliphatic heterocycles. The third-order valence-electron chi connectivity index (χ3n) is 4.70. The zero-order chi connectivity index (χ0) is 13.9. The second kappa shape index (κ2) is 6.71. The first kappa shape index (κ1) is 14.7. The lowest BCUT2D eigenvalue weighted by Gasteiger charge is -2.40. The monoisotopic (exact) mass is 285 g/mol. The number of nitrogens with one attached hydrogen (secondary N) is 1. The molecular formula is C15H27NO4. The summed E-state index contributed by atoms with van der Waals surface area (Å²) in [6.07, 6.45) is 6.55. The summed E-state index contributed by atoms with van der Waals surface area (Å²) in [5, 5.41) is 23.3. The van der Waals surface area contributed by atoms with Gasteiger partial charge in [-0.2, -0.15) is 0 Å². The van der Waals surface area contributed by atoms with Crippen LogP contribution in [0.1, 0.15) is 44.9 Å². The fraction of sp³-hybridized carbons (Fsp3) is 1.00. The Hall–Kier alpha value is -0.200. The minimum Gasteiger partial charge on any atom is -0.388 e. The van der Waals surface area contributed by atoms with Gasteiger partial charge in [0.15, 0.2) is 6.29 Å². The highest BCUT2D eigenvalue weighted by molar-refractivity contribution is 4.90. The van der Waals surface area contributed by atoms with Gasteiger partial charge in [0.2, 0.25) is 0 Å². The van der Waals surface area contributed by atoms with E-state index >= 15 is 0 Å². The quantitative estimate of drug-likeness (QED) is 0.696. The number of aliphatic hydroxyl groups excluding tert-OH is 2. The number of rotatable bonds is 5. The van der Waals surface area contributed by atoms with Crippen LogP contribution in [0.25, 0.3) is 0 Å². The van der Waals surface area contributed by atoms with E-state index in [1.807, 2.05) is 0 Å². The normalized spacial score (nSPS) is 39.9. The van der Waals surface area contributed by atoms with Crippen LogP contribution in [-0.4, -0.2) is 54.0 Å². The van der Waals surface area contributed by atoms with E-state index in [4.69, 9.17) is 9.47 Å². The Bertz CT molecular complexity index is 304. The lowest BCUT2D eigenvalue weighted by molar-refractivity contribution is -0.251. The molecule has 1 heterocycles. The molecule has 5 heteroatoms. The SMILES string of the molecule is O[C@@H]1[C@@H](NCC2CC2)[C@H](OC2CCCCC2)OC[C@@H]1O. The van der Waals surface area contributed by atoms with Gasteiger partial charge in [-0.15, -0.1) is 0 Å². The van der Waals surface area contributed by atoms with E-state index < -0.39 is 18.5 Å². The summed E-state index contributed by atoms with van der Waals surface area (Å²) in [4.78, 5) is 0. The van der Waals surface area contributed by atoms with Gasteiger partial charge in [0.05, 0.1) is 18.8 Å². The topological polar surface area (TPSA) is 71.0 Å². The average molecular weight is 285 g/mol. The maximum atomic E-state index is 10.2. The van der Waals surface area contributed by atoms with Crippen LogP contribution in [0, 0.1) is 5.92 Å². The van der Waals surface area contributed by atoms with Gasteiger partial charge < -0.3 is 25.0 Å². The molecule has 0 spiro atoms. The molecule has 0 amide bonds. The molecule has 3 fully saturated rings. The molecular weight excluding hydrogens is 258 g/mol. The van der Waals surface area contributed by atoms with Gasteiger partial charge in [-0.3, -0.25) is 0 Å². The lowest BCUT2D eigenvalue weighted by Crippen LogP contribution is -2.60. The minimum absolute atomic E-state index is 0.153. The highest BCUT2D eigenvalue weighted by Gasteiger charge is 2.41. The molecule has 20 heavy (non-hydrogen) atoms. The van der Waals surface area contributed by atoms with Crippen molar-refractivity contribution in [1.82, 2.24) is 5.32 Å². The Kier molecular flexibility index (Phi) is 4.94. The van der Waals surface area contributed by atoms with Crippen molar-refractivity contribution in [2.24, 2.45) is 5.92 Å². The maximum absolute atomic E-state index is 10.2. The smallest absolute Gasteiger partial charge is 0.175 e. The van der Waals surface area contributed by atoms with E-state index in [-0.39, 0.29) is 18.8 Å². The van der Waals surface area contributed by atoms with E-state index in [1.54, 1.807) is 0 Å². The van der Waals surface area contributed by atoms with Crippen molar-refractivity contribution in [2.45, 2.75) is 75.6 Å². The van der Waals surface area contributed by atoms with Gasteiger partial charge in [-0.1, -0.05) is 19.3 Å². The van der Waals surface area contributed by atoms with E-state index in [0.717, 1.165) is 25.3 Å². The van der Waals surface area contributed by atoms with Crippen molar-refractivity contribution in [3.05, 3.63) is 0 Å². The third-order valence-corrected chi connectivity index (χ3v) is 4.70. The van der Waals surface area contributed by atoms with Crippen LogP contribution < -0.4 is 5.32 Å². The van der Waals surface area contributed by atoms with Crippen LogP contribution in [0.15, 0.2) is 0 Å². The van der Waals surface area contributed by atoms with E-state index in [2.05, 4.69) is 5.32 Å². The van der Waals surface area contributed by atoms with Crippen LogP contribution in [0.3, 0.4) is 0 Å². The molecule has 2 saturated carbocycles. The van der Waals surface area contributed by atoms with Crippen LogP contribution in [0.5, 0.6) is 0 Å². The Morgan fingerprint density at radius 1 is 1.05 bits per heavy atom. The molecule has 0 bridgehead atoms. The molecule has 3 aliphatic rings. The Labute approximate surface area is 120 Å². The summed E-state index contributed by atoms with van der Waals surface area (Å²) in [5.74, 6) is 0.719. The van der Waals surface area contributed by atoms with Crippen molar-refractivity contribution < 1.29 is 19.7 Å². The van der Waals surface area contributed by atoms with Crippen molar-refractivity contribution in [3.8, 4) is 0 Å². The summed E-state index contributed by atoms with van der Waals surface area (Å²) in [5.41, 5.74) is 0. The fourth-order valence-corrected chi connectivity index (χ4v) is 3.15. The predicted octanol–water partition coefficient (Wildman–Crippen LogP) is 0.782. The van der Waals surface area contributed by atoms with Crippen LogP contribution in [-0.2, 0) is 9.47 Å². The molecule has 116 valence electrons. The number of hydrogen-bond donors (Lipinski definition) is 3. The van der Waals surface area contributed by atoms with E-state index in [0.29, 0.717) is 0 Å². The summed E-state index contributed by atoms with van der Waals surface area (Å²) in [6, 6.07) is -0.318. The van der Waals surface area contributed by atoms with Gasteiger partial charge in [0, 0.05) is 0 Å². The van der Waals surface area contributed by atoms with Gasteiger partial charge in [-0.25, -0.2) is 0 Å². The zero-order valence-corrected chi connectivity index (χ0v) is 12.0. The Balaban J connectivity index is 1.56. The predicted molar refractivity (Wildman–Crippen MR) is 74.2 cm³/mol. The maximum Gasteiger partial charge on any atom is 0.175 e. The highest BCUT2D eigenvalue weighted by atomic mass is 16.7. The lowest BCUT2D eigenvalue weighted by atomic mass is 9.97. The Morgan fingerprint density at radius 2 is 1.80 bits per heavy atom. The van der Waals surface area contributed by atoms with Crippen LogP contribution in [0.2, 0.25) is 0 Å². The average Bonchev–Trinajstić information content (AvgIpc) is 3.28. The Morgan fingerprint density at radius 3 is 2.50 bits per heavy atom. The molecule has 4 atom stereocenters. The van der Waals surface area contributed by atoms with E-state index in [9.17, 15) is 10.2 Å². The molecule has 3 N–H and O–H groups in total. The molecule has 0 aromatic heterocycles. The highest BCUT2D eigenvalue weighted by Crippen LogP contribution is 2.29. The standard InChI is InChI=1S/C15H27NO4/c17-12-9-19-15(20-11-4-2-1-3-5-11)13(14(12)18)16-8-10-6-7-10/h10-18H,1-9H2/t12-,13+,14-,15-/m0/s1.